The van der Waals surface area contributed by atoms with Crippen LogP contribution in [0.25, 0.3) is 6.08 Å². The minimum absolute atomic E-state index is 0.0968. The number of benzene rings is 1. The molecule has 2 N–H and O–H groups in total. The quantitative estimate of drug-likeness (QED) is 0.760. The van der Waals surface area contributed by atoms with Crippen LogP contribution < -0.4 is 5.32 Å². The number of rotatable bonds is 7. The van der Waals surface area contributed by atoms with E-state index in [2.05, 4.69) is 5.32 Å². The van der Waals surface area contributed by atoms with Gasteiger partial charge in [0, 0.05) is 17.7 Å². The van der Waals surface area contributed by atoms with E-state index in [0.29, 0.717) is 5.56 Å². The van der Waals surface area contributed by atoms with E-state index in [1.165, 1.54) is 6.08 Å². The number of amides is 1. The Kier molecular flexibility index (Phi) is 7.02. The lowest BCUT2D eigenvalue weighted by Gasteiger charge is -2.13. The average Bonchev–Trinajstić information content (AvgIpc) is 2.43. The topological polar surface area (TPSA) is 66.4 Å². The molecule has 0 aliphatic carbocycles. The maximum absolute atomic E-state index is 12.1. The number of thioether (sulfide) groups is 1. The molecule has 21 heavy (non-hydrogen) atoms. The summed E-state index contributed by atoms with van der Waals surface area (Å²) in [6.07, 6.45) is 5.60. The molecule has 1 amide bonds. The molecule has 0 bridgehead atoms. The summed E-state index contributed by atoms with van der Waals surface area (Å²) in [6, 6.07) is 5.39. The van der Waals surface area contributed by atoms with Gasteiger partial charge in [-0.05, 0) is 61.6 Å². The van der Waals surface area contributed by atoms with Gasteiger partial charge in [0.25, 0.3) is 5.91 Å². The molecule has 0 saturated heterocycles. The van der Waals surface area contributed by atoms with Gasteiger partial charge in [-0.25, -0.2) is 4.79 Å². The molecule has 0 heterocycles. The van der Waals surface area contributed by atoms with Gasteiger partial charge in [0.05, 0.1) is 0 Å². The van der Waals surface area contributed by atoms with E-state index >= 15 is 0 Å². The molecule has 0 aliphatic rings. The van der Waals surface area contributed by atoms with E-state index in [9.17, 15) is 9.59 Å². The zero-order chi connectivity index (χ0) is 15.8. The molecule has 0 spiro atoms. The monoisotopic (exact) mass is 307 g/mol. The van der Waals surface area contributed by atoms with Crippen molar-refractivity contribution in [3.63, 3.8) is 0 Å². The highest BCUT2D eigenvalue weighted by Crippen LogP contribution is 2.13. The molecule has 0 saturated carbocycles. The Balaban J connectivity index is 2.74. The van der Waals surface area contributed by atoms with E-state index in [0.717, 1.165) is 29.4 Å². The summed E-state index contributed by atoms with van der Waals surface area (Å²) in [5, 5.41) is 11.6. The Hall–Kier alpha value is -1.75. The van der Waals surface area contributed by atoms with Crippen LogP contribution in [0, 0.1) is 6.92 Å². The van der Waals surface area contributed by atoms with E-state index in [-0.39, 0.29) is 11.9 Å². The standard InChI is InChI=1S/C16H21NO3S/c1-11-10-14(5-4-13(11)6-7-15(18)19)16(20)17-12(2)8-9-21-3/h4-7,10,12H,8-9H2,1-3H3,(H,17,20)(H,18,19)/b7-6+. The van der Waals surface area contributed by atoms with E-state index in [1.54, 1.807) is 30.0 Å². The number of carboxylic acid groups (broad SMARTS) is 1. The number of carbonyl (C=O) groups is 2. The van der Waals surface area contributed by atoms with Crippen molar-refractivity contribution in [2.75, 3.05) is 12.0 Å². The first-order valence-corrected chi connectivity index (χ1v) is 8.15. The number of carboxylic acids is 1. The van der Waals surface area contributed by atoms with Crippen molar-refractivity contribution < 1.29 is 14.7 Å². The second-order valence-electron chi connectivity index (χ2n) is 4.90. The summed E-state index contributed by atoms with van der Waals surface area (Å²) >= 11 is 1.76. The van der Waals surface area contributed by atoms with Gasteiger partial charge < -0.3 is 10.4 Å². The first kappa shape index (κ1) is 17.3. The molecule has 1 aromatic rings. The fourth-order valence-corrected chi connectivity index (χ4v) is 2.43. The van der Waals surface area contributed by atoms with Crippen LogP contribution in [0.5, 0.6) is 0 Å². The van der Waals surface area contributed by atoms with Crippen molar-refractivity contribution in [1.29, 1.82) is 0 Å². The molecule has 5 heteroatoms. The van der Waals surface area contributed by atoms with Gasteiger partial charge in [-0.3, -0.25) is 4.79 Å². The van der Waals surface area contributed by atoms with Crippen LogP contribution in [0.1, 0.15) is 34.8 Å². The van der Waals surface area contributed by atoms with Crippen LogP contribution in [-0.2, 0) is 4.79 Å². The minimum Gasteiger partial charge on any atom is -0.478 e. The molecule has 0 aromatic heterocycles. The maximum Gasteiger partial charge on any atom is 0.328 e. The Morgan fingerprint density at radius 3 is 2.71 bits per heavy atom. The molecule has 1 atom stereocenters. The number of hydrogen-bond acceptors (Lipinski definition) is 3. The fraction of sp³-hybridized carbons (Fsp3) is 0.375. The normalized spacial score (nSPS) is 12.3. The predicted octanol–water partition coefficient (Wildman–Crippen LogP) is 2.96. The smallest absolute Gasteiger partial charge is 0.328 e. The summed E-state index contributed by atoms with van der Waals surface area (Å²) < 4.78 is 0. The third-order valence-corrected chi connectivity index (χ3v) is 3.71. The number of aryl methyl sites for hydroxylation is 1. The number of hydrogen-bond donors (Lipinski definition) is 2. The molecule has 0 fully saturated rings. The predicted molar refractivity (Wildman–Crippen MR) is 87.8 cm³/mol. The first-order chi connectivity index (χ1) is 9.93. The van der Waals surface area contributed by atoms with Gasteiger partial charge >= 0.3 is 5.97 Å². The van der Waals surface area contributed by atoms with Gasteiger partial charge in [0.2, 0.25) is 0 Å². The van der Waals surface area contributed by atoms with E-state index in [4.69, 9.17) is 5.11 Å². The summed E-state index contributed by atoms with van der Waals surface area (Å²) in [6.45, 7) is 3.85. The molecular formula is C16H21NO3S. The SMILES string of the molecule is CSCCC(C)NC(=O)c1ccc(/C=C/C(=O)O)c(C)c1. The zero-order valence-corrected chi connectivity index (χ0v) is 13.4. The second-order valence-corrected chi connectivity index (χ2v) is 5.88. The van der Waals surface area contributed by atoms with Gasteiger partial charge in [0.15, 0.2) is 0 Å². The Labute approximate surface area is 129 Å². The largest absolute Gasteiger partial charge is 0.478 e. The summed E-state index contributed by atoms with van der Waals surface area (Å²) in [5.74, 6) is -0.0707. The molecule has 114 valence electrons. The van der Waals surface area contributed by atoms with Crippen molar-refractivity contribution in [3.8, 4) is 0 Å². The van der Waals surface area contributed by atoms with Crippen LogP contribution in [-0.4, -0.2) is 35.0 Å². The molecule has 4 nitrogen and oxygen atoms in total. The molecule has 1 rings (SSSR count). The fourth-order valence-electron chi connectivity index (χ4n) is 1.84. The Bertz CT molecular complexity index is 540. The summed E-state index contributed by atoms with van der Waals surface area (Å²) in [5.41, 5.74) is 2.26. The molecule has 1 aromatic carbocycles. The van der Waals surface area contributed by atoms with Crippen LogP contribution in [0.2, 0.25) is 0 Å². The van der Waals surface area contributed by atoms with E-state index in [1.807, 2.05) is 20.1 Å². The third kappa shape index (κ3) is 6.04. The van der Waals surface area contributed by atoms with Gasteiger partial charge in [-0.1, -0.05) is 6.07 Å². The van der Waals surface area contributed by atoms with E-state index < -0.39 is 5.97 Å². The van der Waals surface area contributed by atoms with Crippen LogP contribution in [0.3, 0.4) is 0 Å². The van der Waals surface area contributed by atoms with Gasteiger partial charge in [-0.15, -0.1) is 0 Å². The zero-order valence-electron chi connectivity index (χ0n) is 12.6. The molecule has 0 radical (unpaired) electrons. The van der Waals surface area contributed by atoms with Gasteiger partial charge in [0.1, 0.15) is 0 Å². The number of carbonyl (C=O) groups excluding carboxylic acids is 1. The first-order valence-electron chi connectivity index (χ1n) is 6.75. The minimum atomic E-state index is -0.987. The lowest BCUT2D eigenvalue weighted by Crippen LogP contribution is -2.32. The highest BCUT2D eigenvalue weighted by molar-refractivity contribution is 7.98. The van der Waals surface area contributed by atoms with Crippen LogP contribution in [0.15, 0.2) is 24.3 Å². The molecule has 1 unspecified atom stereocenters. The maximum atomic E-state index is 12.1. The number of aliphatic carboxylic acids is 1. The second kappa shape index (κ2) is 8.52. The van der Waals surface area contributed by atoms with Crippen molar-refractivity contribution in [2.24, 2.45) is 0 Å². The van der Waals surface area contributed by atoms with Crippen LogP contribution >= 0.6 is 11.8 Å². The average molecular weight is 307 g/mol. The van der Waals surface area contributed by atoms with Crippen molar-refractivity contribution in [2.45, 2.75) is 26.3 Å². The number of nitrogens with one attached hydrogen (secondary N) is 1. The lowest BCUT2D eigenvalue weighted by atomic mass is 10.0. The van der Waals surface area contributed by atoms with Crippen LogP contribution in [0.4, 0.5) is 0 Å². The molecular weight excluding hydrogens is 286 g/mol. The summed E-state index contributed by atoms with van der Waals surface area (Å²) in [4.78, 5) is 22.6. The lowest BCUT2D eigenvalue weighted by molar-refractivity contribution is -0.131. The van der Waals surface area contributed by atoms with Crippen molar-refractivity contribution in [1.82, 2.24) is 5.32 Å². The van der Waals surface area contributed by atoms with Gasteiger partial charge in [-0.2, -0.15) is 11.8 Å². The van der Waals surface area contributed by atoms with Crippen molar-refractivity contribution in [3.05, 3.63) is 41.0 Å². The Morgan fingerprint density at radius 2 is 2.14 bits per heavy atom. The summed E-state index contributed by atoms with van der Waals surface area (Å²) in [7, 11) is 0. The third-order valence-electron chi connectivity index (χ3n) is 3.07. The highest BCUT2D eigenvalue weighted by atomic mass is 32.2. The highest BCUT2D eigenvalue weighted by Gasteiger charge is 2.10. The van der Waals surface area contributed by atoms with Crippen molar-refractivity contribution >= 4 is 29.7 Å². The Morgan fingerprint density at radius 1 is 1.43 bits per heavy atom. The molecule has 0 aliphatic heterocycles.